The molecule has 1 atom stereocenters. The lowest BCUT2D eigenvalue weighted by molar-refractivity contribution is -0.119. The monoisotopic (exact) mass is 435 g/mol. The van der Waals surface area contributed by atoms with Gasteiger partial charge in [-0.25, -0.2) is 13.4 Å². The number of fused-ring (bicyclic) bond motifs is 1. The van der Waals surface area contributed by atoms with Crippen molar-refractivity contribution in [2.75, 3.05) is 11.9 Å². The number of amides is 1. The lowest BCUT2D eigenvalue weighted by Crippen LogP contribution is -2.43. The number of carbonyl (C=O) groups excluding carboxylic acids is 1. The van der Waals surface area contributed by atoms with Crippen molar-refractivity contribution >= 4 is 54.8 Å². The van der Waals surface area contributed by atoms with E-state index in [1.54, 1.807) is 11.3 Å². The Labute approximate surface area is 172 Å². The van der Waals surface area contributed by atoms with Gasteiger partial charge in [0.05, 0.1) is 20.1 Å². The predicted molar refractivity (Wildman–Crippen MR) is 111 cm³/mol. The minimum Gasteiger partial charge on any atom is -0.325 e. The molecule has 0 radical (unpaired) electrons. The molecule has 28 heavy (non-hydrogen) atoms. The van der Waals surface area contributed by atoms with Gasteiger partial charge in [0.2, 0.25) is 15.9 Å². The second-order valence-corrected chi connectivity index (χ2v) is 10.2. The second kappa shape index (κ2) is 7.44. The van der Waals surface area contributed by atoms with Gasteiger partial charge in [-0.05, 0) is 62.2 Å². The summed E-state index contributed by atoms with van der Waals surface area (Å²) in [6, 6.07) is 10.8. The molecule has 1 aliphatic rings. The number of hydrogen-bond acceptors (Lipinski definition) is 5. The SMILES string of the molecule is Cc1nc2cc(NC(=O)C3CCCN3S(=O)(=O)c3ccc(Cl)cc3)ccc2s1. The number of sulfonamides is 1. The molecule has 2 aromatic carbocycles. The average Bonchev–Trinajstić information content (AvgIpc) is 3.28. The van der Waals surface area contributed by atoms with Crippen LogP contribution < -0.4 is 5.32 Å². The molecule has 0 spiro atoms. The first kappa shape index (κ1) is 19.3. The Morgan fingerprint density at radius 2 is 2.00 bits per heavy atom. The Bertz CT molecular complexity index is 1140. The van der Waals surface area contributed by atoms with E-state index in [0.29, 0.717) is 30.1 Å². The maximum Gasteiger partial charge on any atom is 0.243 e. The van der Waals surface area contributed by atoms with Gasteiger partial charge in [-0.3, -0.25) is 4.79 Å². The van der Waals surface area contributed by atoms with Gasteiger partial charge < -0.3 is 5.32 Å². The number of nitrogens with zero attached hydrogens (tertiary/aromatic N) is 2. The highest BCUT2D eigenvalue weighted by Crippen LogP contribution is 2.29. The van der Waals surface area contributed by atoms with Crippen LogP contribution in [0, 0.1) is 6.92 Å². The zero-order valence-electron chi connectivity index (χ0n) is 15.1. The molecule has 3 aromatic rings. The van der Waals surface area contributed by atoms with Gasteiger partial charge in [0.1, 0.15) is 6.04 Å². The normalized spacial score (nSPS) is 17.9. The molecule has 9 heteroatoms. The highest BCUT2D eigenvalue weighted by molar-refractivity contribution is 7.89. The van der Waals surface area contributed by atoms with Gasteiger partial charge in [-0.15, -0.1) is 11.3 Å². The zero-order valence-corrected chi connectivity index (χ0v) is 17.4. The Balaban J connectivity index is 1.56. The zero-order chi connectivity index (χ0) is 19.9. The van der Waals surface area contributed by atoms with Gasteiger partial charge in [0.25, 0.3) is 0 Å². The van der Waals surface area contributed by atoms with Crippen LogP contribution in [0.1, 0.15) is 17.8 Å². The Morgan fingerprint density at radius 1 is 1.25 bits per heavy atom. The van der Waals surface area contributed by atoms with E-state index in [1.807, 2.05) is 25.1 Å². The van der Waals surface area contributed by atoms with Crippen LogP contribution in [0.5, 0.6) is 0 Å². The smallest absolute Gasteiger partial charge is 0.243 e. The largest absolute Gasteiger partial charge is 0.325 e. The van der Waals surface area contributed by atoms with Crippen molar-refractivity contribution in [1.29, 1.82) is 0 Å². The van der Waals surface area contributed by atoms with Gasteiger partial charge in [-0.2, -0.15) is 4.31 Å². The first-order valence-electron chi connectivity index (χ1n) is 8.80. The molecule has 4 rings (SSSR count). The van der Waals surface area contributed by atoms with E-state index in [4.69, 9.17) is 11.6 Å². The Morgan fingerprint density at radius 3 is 2.75 bits per heavy atom. The van der Waals surface area contributed by atoms with Crippen LogP contribution in [0.2, 0.25) is 5.02 Å². The molecule has 1 saturated heterocycles. The number of anilines is 1. The predicted octanol–water partition coefficient (Wildman–Crippen LogP) is 4.05. The fourth-order valence-corrected chi connectivity index (χ4v) is 5.97. The Kier molecular flexibility index (Phi) is 5.13. The molecule has 0 aliphatic carbocycles. The molecule has 0 saturated carbocycles. The fourth-order valence-electron chi connectivity index (χ4n) is 3.38. The first-order valence-corrected chi connectivity index (χ1v) is 11.4. The van der Waals surface area contributed by atoms with Crippen LogP contribution in [-0.4, -0.2) is 36.2 Å². The van der Waals surface area contributed by atoms with Gasteiger partial charge in [0.15, 0.2) is 0 Å². The summed E-state index contributed by atoms with van der Waals surface area (Å²) in [5, 5.41) is 4.26. The van der Waals surface area contributed by atoms with Crippen LogP contribution >= 0.6 is 22.9 Å². The summed E-state index contributed by atoms with van der Waals surface area (Å²) < 4.78 is 28.3. The van der Waals surface area contributed by atoms with Crippen LogP contribution in [-0.2, 0) is 14.8 Å². The number of rotatable bonds is 4. The lowest BCUT2D eigenvalue weighted by Gasteiger charge is -2.23. The lowest BCUT2D eigenvalue weighted by atomic mass is 10.2. The third-order valence-corrected chi connectivity index (χ3v) is 7.81. The molecule has 1 unspecified atom stereocenters. The number of nitrogens with one attached hydrogen (secondary N) is 1. The van der Waals surface area contributed by atoms with Crippen LogP contribution in [0.3, 0.4) is 0 Å². The van der Waals surface area contributed by atoms with Gasteiger partial charge in [-0.1, -0.05) is 11.6 Å². The van der Waals surface area contributed by atoms with Gasteiger partial charge >= 0.3 is 0 Å². The summed E-state index contributed by atoms with van der Waals surface area (Å²) in [6.07, 6.45) is 1.12. The summed E-state index contributed by atoms with van der Waals surface area (Å²) in [6.45, 7) is 2.24. The summed E-state index contributed by atoms with van der Waals surface area (Å²) in [5.41, 5.74) is 1.43. The van der Waals surface area contributed by atoms with Crippen molar-refractivity contribution in [3.8, 4) is 0 Å². The van der Waals surface area contributed by atoms with E-state index < -0.39 is 16.1 Å². The van der Waals surface area contributed by atoms with E-state index in [2.05, 4.69) is 10.3 Å². The van der Waals surface area contributed by atoms with E-state index in [-0.39, 0.29) is 10.8 Å². The van der Waals surface area contributed by atoms with Crippen LogP contribution in [0.4, 0.5) is 5.69 Å². The second-order valence-electron chi connectivity index (χ2n) is 6.63. The topological polar surface area (TPSA) is 79.4 Å². The number of thiazole rings is 1. The standard InChI is InChI=1S/C19H18ClN3O3S2/c1-12-21-16-11-14(6-9-18(16)27-12)22-19(24)17-3-2-10-23(17)28(25,26)15-7-4-13(20)5-8-15/h4-9,11,17H,2-3,10H2,1H3,(H,22,24). The van der Waals surface area contributed by atoms with E-state index >= 15 is 0 Å². The molecule has 6 nitrogen and oxygen atoms in total. The van der Waals surface area contributed by atoms with E-state index in [9.17, 15) is 13.2 Å². The highest BCUT2D eigenvalue weighted by Gasteiger charge is 2.39. The number of carbonyl (C=O) groups is 1. The first-order chi connectivity index (χ1) is 13.3. The molecule has 1 amide bonds. The number of halogens is 1. The Hall–Kier alpha value is -2.00. The van der Waals surface area contributed by atoms with E-state index in [1.165, 1.54) is 28.6 Å². The number of aromatic nitrogens is 1. The fraction of sp³-hybridized carbons (Fsp3) is 0.263. The van der Waals surface area contributed by atoms with Crippen LogP contribution in [0.15, 0.2) is 47.4 Å². The number of hydrogen-bond donors (Lipinski definition) is 1. The summed E-state index contributed by atoms with van der Waals surface area (Å²) in [5.74, 6) is -0.332. The average molecular weight is 436 g/mol. The summed E-state index contributed by atoms with van der Waals surface area (Å²) >= 11 is 7.44. The molecular weight excluding hydrogens is 418 g/mol. The maximum absolute atomic E-state index is 13.0. The van der Waals surface area contributed by atoms with Crippen molar-refractivity contribution in [2.24, 2.45) is 0 Å². The molecule has 146 valence electrons. The quantitative estimate of drug-likeness (QED) is 0.670. The third kappa shape index (κ3) is 3.65. The molecule has 1 aromatic heterocycles. The molecular formula is C19H18ClN3O3S2. The number of benzene rings is 2. The highest BCUT2D eigenvalue weighted by atomic mass is 35.5. The molecule has 2 heterocycles. The molecule has 0 bridgehead atoms. The van der Waals surface area contributed by atoms with Crippen molar-refractivity contribution in [1.82, 2.24) is 9.29 Å². The third-order valence-electron chi connectivity index (χ3n) is 4.69. The molecule has 1 fully saturated rings. The van der Waals surface area contributed by atoms with Crippen LogP contribution in [0.25, 0.3) is 10.2 Å². The molecule has 1 aliphatic heterocycles. The van der Waals surface area contributed by atoms with Gasteiger partial charge in [0, 0.05) is 17.3 Å². The van der Waals surface area contributed by atoms with Crippen molar-refractivity contribution in [2.45, 2.75) is 30.7 Å². The van der Waals surface area contributed by atoms with E-state index in [0.717, 1.165) is 15.2 Å². The van der Waals surface area contributed by atoms with Crippen molar-refractivity contribution in [3.05, 3.63) is 52.5 Å². The number of aryl methyl sites for hydroxylation is 1. The molecule has 1 N–H and O–H groups in total. The minimum absolute atomic E-state index is 0.135. The van der Waals surface area contributed by atoms with Crippen molar-refractivity contribution < 1.29 is 13.2 Å². The summed E-state index contributed by atoms with van der Waals surface area (Å²) in [4.78, 5) is 17.4. The summed E-state index contributed by atoms with van der Waals surface area (Å²) in [7, 11) is -3.77. The maximum atomic E-state index is 13.0. The minimum atomic E-state index is -3.77. The van der Waals surface area contributed by atoms with Crippen molar-refractivity contribution in [3.63, 3.8) is 0 Å².